The van der Waals surface area contributed by atoms with Crippen molar-refractivity contribution in [1.82, 2.24) is 4.90 Å². The molecule has 1 atom stereocenters. The molecule has 1 aliphatic heterocycles. The van der Waals surface area contributed by atoms with E-state index in [2.05, 4.69) is 34.7 Å². The second kappa shape index (κ2) is 6.54. The second-order valence-electron chi connectivity index (χ2n) is 5.84. The molecule has 0 aliphatic carbocycles. The highest BCUT2D eigenvalue weighted by Gasteiger charge is 2.38. The topological polar surface area (TPSA) is 29.3 Å². The summed E-state index contributed by atoms with van der Waals surface area (Å²) >= 11 is 3.48. The van der Waals surface area contributed by atoms with Crippen LogP contribution in [-0.4, -0.2) is 24.5 Å². The zero-order chi connectivity index (χ0) is 14.8. The summed E-state index contributed by atoms with van der Waals surface area (Å²) in [5.41, 5.74) is 7.53. The third-order valence-corrected chi connectivity index (χ3v) is 5.64. The van der Waals surface area contributed by atoms with Crippen LogP contribution in [0.25, 0.3) is 0 Å². The van der Waals surface area contributed by atoms with Gasteiger partial charge in [0.1, 0.15) is 5.82 Å². The summed E-state index contributed by atoms with van der Waals surface area (Å²) in [5, 5.41) is 0. The molecule has 1 unspecified atom stereocenters. The van der Waals surface area contributed by atoms with Crippen LogP contribution in [0.4, 0.5) is 4.39 Å². The Kier molecular flexibility index (Phi) is 5.21. The number of nitrogens with two attached hydrogens (primary N) is 1. The maximum Gasteiger partial charge on any atom is 0.124 e. The van der Waals surface area contributed by atoms with Gasteiger partial charge in [-0.15, -0.1) is 0 Å². The summed E-state index contributed by atoms with van der Waals surface area (Å²) < 4.78 is 14.1. The molecule has 1 aliphatic rings. The average Bonchev–Trinajstić information content (AvgIpc) is 2.87. The van der Waals surface area contributed by atoms with E-state index in [0.29, 0.717) is 12.0 Å². The van der Waals surface area contributed by atoms with Crippen molar-refractivity contribution < 1.29 is 4.39 Å². The van der Waals surface area contributed by atoms with Crippen LogP contribution >= 0.6 is 15.9 Å². The summed E-state index contributed by atoms with van der Waals surface area (Å²) in [4.78, 5) is 2.46. The van der Waals surface area contributed by atoms with Gasteiger partial charge in [0, 0.05) is 23.6 Å². The normalized spacial score (nSPS) is 20.2. The van der Waals surface area contributed by atoms with Gasteiger partial charge in [-0.25, -0.2) is 4.39 Å². The van der Waals surface area contributed by atoms with Crippen LogP contribution < -0.4 is 5.73 Å². The van der Waals surface area contributed by atoms with E-state index in [0.717, 1.165) is 23.1 Å². The molecular formula is C16H24BrFN2. The highest BCUT2D eigenvalue weighted by Crippen LogP contribution is 2.41. The van der Waals surface area contributed by atoms with Gasteiger partial charge in [0.15, 0.2) is 0 Å². The van der Waals surface area contributed by atoms with E-state index in [1.165, 1.54) is 31.4 Å². The summed E-state index contributed by atoms with van der Waals surface area (Å²) in [6, 6.07) is 5.08. The lowest BCUT2D eigenvalue weighted by atomic mass is 9.82. The van der Waals surface area contributed by atoms with E-state index in [1.807, 2.05) is 6.07 Å². The number of hydrogen-bond acceptors (Lipinski definition) is 2. The first kappa shape index (κ1) is 15.9. The minimum absolute atomic E-state index is 0.171. The molecule has 1 aromatic carbocycles. The van der Waals surface area contributed by atoms with Crippen LogP contribution in [0.3, 0.4) is 0 Å². The molecule has 1 heterocycles. The molecule has 1 saturated heterocycles. The first-order valence-corrected chi connectivity index (χ1v) is 8.23. The molecule has 0 radical (unpaired) electrons. The maximum absolute atomic E-state index is 13.2. The van der Waals surface area contributed by atoms with Crippen molar-refractivity contribution in [3.8, 4) is 0 Å². The van der Waals surface area contributed by atoms with Gasteiger partial charge >= 0.3 is 0 Å². The molecule has 1 fully saturated rings. The van der Waals surface area contributed by atoms with Crippen molar-refractivity contribution in [3.05, 3.63) is 34.1 Å². The predicted octanol–water partition coefficient (Wildman–Crippen LogP) is 4.10. The van der Waals surface area contributed by atoms with Gasteiger partial charge in [0.25, 0.3) is 0 Å². The molecule has 20 heavy (non-hydrogen) atoms. The van der Waals surface area contributed by atoms with Crippen LogP contribution in [0, 0.1) is 11.2 Å². The molecule has 0 amide bonds. The fraction of sp³-hybridized carbons (Fsp3) is 0.625. The van der Waals surface area contributed by atoms with Crippen LogP contribution in [-0.2, 0) is 0 Å². The lowest BCUT2D eigenvalue weighted by Crippen LogP contribution is -2.34. The van der Waals surface area contributed by atoms with E-state index in [9.17, 15) is 4.39 Å². The number of benzene rings is 1. The quantitative estimate of drug-likeness (QED) is 0.872. The Hall–Kier alpha value is -0.450. The Labute approximate surface area is 129 Å². The molecule has 0 saturated carbocycles. The molecule has 2 nitrogen and oxygen atoms in total. The van der Waals surface area contributed by atoms with Gasteiger partial charge in [-0.2, -0.15) is 0 Å². The van der Waals surface area contributed by atoms with Gasteiger partial charge in [0.2, 0.25) is 0 Å². The lowest BCUT2D eigenvalue weighted by molar-refractivity contribution is 0.197. The van der Waals surface area contributed by atoms with Crippen LogP contribution in [0.2, 0.25) is 0 Å². The number of halogens is 2. The minimum atomic E-state index is -0.214. The number of likely N-dealkylation sites (tertiary alicyclic amines) is 1. The molecule has 1 aromatic rings. The predicted molar refractivity (Wildman–Crippen MR) is 85.1 cm³/mol. The van der Waals surface area contributed by atoms with E-state index in [1.54, 1.807) is 0 Å². The zero-order valence-corrected chi connectivity index (χ0v) is 13.9. The van der Waals surface area contributed by atoms with Gasteiger partial charge in [0.05, 0.1) is 0 Å². The smallest absolute Gasteiger partial charge is 0.124 e. The van der Waals surface area contributed by atoms with Crippen molar-refractivity contribution in [3.63, 3.8) is 0 Å². The Bertz CT molecular complexity index is 460. The summed E-state index contributed by atoms with van der Waals surface area (Å²) in [7, 11) is 0. The van der Waals surface area contributed by atoms with Gasteiger partial charge < -0.3 is 5.73 Å². The SMILES string of the molecule is CCC1(CC)CCN(C(CN)c2ccc(F)cc2Br)C1. The standard InChI is InChI=1S/C16H24BrFN2/c1-3-16(4-2)7-8-20(11-16)15(10-19)13-6-5-12(18)9-14(13)17/h5-6,9,15H,3-4,7-8,10-11,19H2,1-2H3. The number of hydrogen-bond donors (Lipinski definition) is 1. The highest BCUT2D eigenvalue weighted by atomic mass is 79.9. The Morgan fingerprint density at radius 2 is 2.10 bits per heavy atom. The average molecular weight is 343 g/mol. The Balaban J connectivity index is 2.21. The molecule has 4 heteroatoms. The van der Waals surface area contributed by atoms with Crippen molar-refractivity contribution in [1.29, 1.82) is 0 Å². The van der Waals surface area contributed by atoms with Crippen molar-refractivity contribution in [2.45, 2.75) is 39.2 Å². The van der Waals surface area contributed by atoms with Crippen LogP contribution in [0.5, 0.6) is 0 Å². The first-order chi connectivity index (χ1) is 9.55. The number of rotatable bonds is 5. The van der Waals surface area contributed by atoms with E-state index in [4.69, 9.17) is 5.73 Å². The van der Waals surface area contributed by atoms with Crippen molar-refractivity contribution in [2.75, 3.05) is 19.6 Å². The van der Waals surface area contributed by atoms with Crippen LogP contribution in [0.15, 0.2) is 22.7 Å². The molecule has 112 valence electrons. The molecule has 0 bridgehead atoms. The van der Waals surface area contributed by atoms with Gasteiger partial charge in [-0.3, -0.25) is 4.90 Å². The Morgan fingerprint density at radius 1 is 1.40 bits per heavy atom. The first-order valence-electron chi connectivity index (χ1n) is 7.44. The summed E-state index contributed by atoms with van der Waals surface area (Å²) in [6.45, 7) is 7.28. The third-order valence-electron chi connectivity index (χ3n) is 4.95. The molecule has 2 rings (SSSR count). The van der Waals surface area contributed by atoms with Gasteiger partial charge in [-0.05, 0) is 48.9 Å². The number of nitrogens with zero attached hydrogens (tertiary/aromatic N) is 1. The monoisotopic (exact) mass is 342 g/mol. The molecule has 0 aromatic heterocycles. The molecular weight excluding hydrogens is 319 g/mol. The fourth-order valence-electron chi connectivity index (χ4n) is 3.31. The van der Waals surface area contributed by atoms with Crippen molar-refractivity contribution in [2.24, 2.45) is 11.1 Å². The van der Waals surface area contributed by atoms with E-state index < -0.39 is 0 Å². The molecule has 0 spiro atoms. The largest absolute Gasteiger partial charge is 0.329 e. The van der Waals surface area contributed by atoms with Crippen molar-refractivity contribution >= 4 is 15.9 Å². The summed E-state index contributed by atoms with van der Waals surface area (Å²) in [6.07, 6.45) is 3.65. The zero-order valence-electron chi connectivity index (χ0n) is 12.3. The van der Waals surface area contributed by atoms with Gasteiger partial charge in [-0.1, -0.05) is 35.8 Å². The minimum Gasteiger partial charge on any atom is -0.329 e. The third kappa shape index (κ3) is 3.07. The molecule has 2 N–H and O–H groups in total. The lowest BCUT2D eigenvalue weighted by Gasteiger charge is -2.31. The fourth-order valence-corrected chi connectivity index (χ4v) is 3.92. The van der Waals surface area contributed by atoms with E-state index in [-0.39, 0.29) is 11.9 Å². The highest BCUT2D eigenvalue weighted by molar-refractivity contribution is 9.10. The summed E-state index contributed by atoms with van der Waals surface area (Å²) in [5.74, 6) is -0.214. The second-order valence-corrected chi connectivity index (χ2v) is 6.70. The van der Waals surface area contributed by atoms with Crippen LogP contribution in [0.1, 0.15) is 44.7 Å². The van der Waals surface area contributed by atoms with E-state index >= 15 is 0 Å². The Morgan fingerprint density at radius 3 is 2.60 bits per heavy atom. The maximum atomic E-state index is 13.2.